The number of ether oxygens (including phenoxy) is 1. The predicted molar refractivity (Wildman–Crippen MR) is 65.7 cm³/mol. The van der Waals surface area contributed by atoms with E-state index in [4.69, 9.17) is 16.3 Å². The number of ketones is 1. The van der Waals surface area contributed by atoms with Crippen LogP contribution in [0.15, 0.2) is 42.5 Å². The molecule has 0 spiro atoms. The van der Waals surface area contributed by atoms with E-state index in [2.05, 4.69) is 4.98 Å². The second-order valence-corrected chi connectivity index (χ2v) is 3.77. The van der Waals surface area contributed by atoms with Crippen molar-refractivity contribution in [2.24, 2.45) is 0 Å². The predicted octanol–water partition coefficient (Wildman–Crippen LogP) is 2.97. The highest BCUT2D eigenvalue weighted by molar-refractivity contribution is 6.29. The molecule has 1 aromatic carbocycles. The van der Waals surface area contributed by atoms with Gasteiger partial charge in [0.05, 0.1) is 12.7 Å². The van der Waals surface area contributed by atoms with E-state index < -0.39 is 0 Å². The van der Waals surface area contributed by atoms with Crippen molar-refractivity contribution in [3.05, 3.63) is 58.7 Å². The van der Waals surface area contributed by atoms with Gasteiger partial charge in [-0.15, -0.1) is 0 Å². The minimum absolute atomic E-state index is 0.133. The van der Waals surface area contributed by atoms with Crippen molar-refractivity contribution in [3.63, 3.8) is 0 Å². The third-order valence-corrected chi connectivity index (χ3v) is 2.51. The molecule has 2 aromatic rings. The summed E-state index contributed by atoms with van der Waals surface area (Å²) in [5.74, 6) is 0.109. The van der Waals surface area contributed by atoms with Crippen LogP contribution in [0.25, 0.3) is 0 Å². The summed E-state index contributed by atoms with van der Waals surface area (Å²) < 4.78 is 5.05. The summed E-state index contributed by atoms with van der Waals surface area (Å²) in [5, 5.41) is 0.298. The van der Waals surface area contributed by atoms with Crippen LogP contribution in [0, 0.1) is 0 Å². The highest BCUT2D eigenvalue weighted by Crippen LogP contribution is 2.21. The van der Waals surface area contributed by atoms with Gasteiger partial charge in [0.15, 0.2) is 5.78 Å². The maximum Gasteiger partial charge on any atom is 0.225 e. The average molecular weight is 248 g/mol. The van der Waals surface area contributed by atoms with Crippen LogP contribution in [0.4, 0.5) is 0 Å². The number of hydrogen-bond acceptors (Lipinski definition) is 3. The van der Waals surface area contributed by atoms with E-state index in [1.54, 1.807) is 24.3 Å². The van der Waals surface area contributed by atoms with Crippen LogP contribution in [0.3, 0.4) is 0 Å². The topological polar surface area (TPSA) is 39.2 Å². The van der Waals surface area contributed by atoms with E-state index in [0.717, 1.165) is 0 Å². The molecule has 0 aliphatic rings. The first-order valence-electron chi connectivity index (χ1n) is 5.02. The Balaban J connectivity index is 2.44. The largest absolute Gasteiger partial charge is 0.480 e. The van der Waals surface area contributed by atoms with E-state index in [0.29, 0.717) is 16.3 Å². The van der Waals surface area contributed by atoms with E-state index in [9.17, 15) is 4.79 Å². The Morgan fingerprint density at radius 3 is 2.53 bits per heavy atom. The van der Waals surface area contributed by atoms with Crippen molar-refractivity contribution < 1.29 is 9.53 Å². The van der Waals surface area contributed by atoms with Crippen molar-refractivity contribution in [2.45, 2.75) is 0 Å². The molecule has 2 rings (SSSR count). The lowest BCUT2D eigenvalue weighted by molar-refractivity contribution is 0.103. The normalized spacial score (nSPS) is 10.0. The summed E-state index contributed by atoms with van der Waals surface area (Å²) in [4.78, 5) is 16.1. The zero-order valence-electron chi connectivity index (χ0n) is 9.18. The molecule has 0 aliphatic heterocycles. The SMILES string of the molecule is COc1nc(Cl)ccc1C(=O)c1ccccc1. The zero-order chi connectivity index (χ0) is 12.3. The number of rotatable bonds is 3. The summed E-state index contributed by atoms with van der Waals surface area (Å²) in [5.41, 5.74) is 0.998. The van der Waals surface area contributed by atoms with Crippen molar-refractivity contribution in [3.8, 4) is 5.88 Å². The molecule has 17 heavy (non-hydrogen) atoms. The van der Waals surface area contributed by atoms with Crippen LogP contribution < -0.4 is 4.74 Å². The Labute approximate surface area is 104 Å². The van der Waals surface area contributed by atoms with Crippen molar-refractivity contribution in [2.75, 3.05) is 7.11 Å². The Morgan fingerprint density at radius 1 is 1.18 bits per heavy atom. The van der Waals surface area contributed by atoms with Gasteiger partial charge in [-0.25, -0.2) is 4.98 Å². The molecule has 86 valence electrons. The molecule has 0 radical (unpaired) electrons. The molecular formula is C13H10ClNO2. The van der Waals surface area contributed by atoms with Crippen LogP contribution in [0.5, 0.6) is 5.88 Å². The van der Waals surface area contributed by atoms with Gasteiger partial charge in [0.25, 0.3) is 0 Å². The number of methoxy groups -OCH3 is 1. The van der Waals surface area contributed by atoms with Crippen LogP contribution in [-0.2, 0) is 0 Å². The molecule has 0 amide bonds. The van der Waals surface area contributed by atoms with Crippen LogP contribution in [0.2, 0.25) is 5.15 Å². The van der Waals surface area contributed by atoms with E-state index in [1.165, 1.54) is 7.11 Å². The average Bonchev–Trinajstić information content (AvgIpc) is 2.39. The molecule has 0 bridgehead atoms. The van der Waals surface area contributed by atoms with E-state index in [1.807, 2.05) is 18.2 Å². The van der Waals surface area contributed by atoms with Crippen LogP contribution in [-0.4, -0.2) is 17.9 Å². The maximum absolute atomic E-state index is 12.2. The first kappa shape index (κ1) is 11.6. The third-order valence-electron chi connectivity index (χ3n) is 2.30. The van der Waals surface area contributed by atoms with Crippen molar-refractivity contribution in [1.29, 1.82) is 0 Å². The molecule has 0 unspecified atom stereocenters. The van der Waals surface area contributed by atoms with Crippen LogP contribution in [0.1, 0.15) is 15.9 Å². The van der Waals surface area contributed by atoms with Gasteiger partial charge in [-0.1, -0.05) is 41.9 Å². The molecule has 1 heterocycles. The molecule has 1 aromatic heterocycles. The van der Waals surface area contributed by atoms with Gasteiger partial charge in [-0.05, 0) is 12.1 Å². The standard InChI is InChI=1S/C13H10ClNO2/c1-17-13-10(7-8-11(14)15-13)12(16)9-5-3-2-4-6-9/h2-8H,1H3. The summed E-state index contributed by atoms with van der Waals surface area (Å²) in [7, 11) is 1.46. The molecule has 4 heteroatoms. The summed E-state index contributed by atoms with van der Waals surface area (Å²) in [6.07, 6.45) is 0. The van der Waals surface area contributed by atoms with Gasteiger partial charge in [0.1, 0.15) is 5.15 Å². The molecule has 0 atom stereocenters. The second kappa shape index (κ2) is 4.97. The van der Waals surface area contributed by atoms with Crippen LogP contribution >= 0.6 is 11.6 Å². The highest BCUT2D eigenvalue weighted by Gasteiger charge is 2.15. The smallest absolute Gasteiger partial charge is 0.225 e. The Hall–Kier alpha value is -1.87. The van der Waals surface area contributed by atoms with Gasteiger partial charge < -0.3 is 4.74 Å². The number of pyridine rings is 1. The minimum Gasteiger partial charge on any atom is -0.480 e. The lowest BCUT2D eigenvalue weighted by Gasteiger charge is -2.06. The monoisotopic (exact) mass is 247 g/mol. The molecule has 0 N–H and O–H groups in total. The molecular weight excluding hydrogens is 238 g/mol. The quantitative estimate of drug-likeness (QED) is 0.618. The van der Waals surface area contributed by atoms with E-state index >= 15 is 0 Å². The van der Waals surface area contributed by atoms with Gasteiger partial charge >= 0.3 is 0 Å². The second-order valence-electron chi connectivity index (χ2n) is 3.39. The number of nitrogens with zero attached hydrogens (tertiary/aromatic N) is 1. The third kappa shape index (κ3) is 2.45. The number of aromatic nitrogens is 1. The molecule has 0 fully saturated rings. The lowest BCUT2D eigenvalue weighted by Crippen LogP contribution is -2.05. The fraction of sp³-hybridized carbons (Fsp3) is 0.0769. The minimum atomic E-state index is -0.133. The first-order valence-corrected chi connectivity index (χ1v) is 5.40. The molecule has 0 saturated carbocycles. The van der Waals surface area contributed by atoms with Gasteiger partial charge in [0, 0.05) is 5.56 Å². The fourth-order valence-electron chi connectivity index (χ4n) is 1.49. The van der Waals surface area contributed by atoms with Gasteiger partial charge in [-0.2, -0.15) is 0 Å². The molecule has 3 nitrogen and oxygen atoms in total. The van der Waals surface area contributed by atoms with Crippen molar-refractivity contribution >= 4 is 17.4 Å². The maximum atomic E-state index is 12.2. The Bertz CT molecular complexity index is 540. The highest BCUT2D eigenvalue weighted by atomic mass is 35.5. The molecule has 0 aliphatic carbocycles. The number of benzene rings is 1. The Morgan fingerprint density at radius 2 is 1.88 bits per heavy atom. The zero-order valence-corrected chi connectivity index (χ0v) is 9.94. The number of hydrogen-bond donors (Lipinski definition) is 0. The summed E-state index contributed by atoms with van der Waals surface area (Å²) >= 11 is 5.74. The van der Waals surface area contributed by atoms with Gasteiger partial charge in [0.2, 0.25) is 5.88 Å². The first-order chi connectivity index (χ1) is 8.22. The number of carbonyl (C=O) groups excluding carboxylic acids is 1. The number of carbonyl (C=O) groups is 1. The number of halogens is 1. The fourth-order valence-corrected chi connectivity index (χ4v) is 1.63. The van der Waals surface area contributed by atoms with E-state index in [-0.39, 0.29) is 11.7 Å². The van der Waals surface area contributed by atoms with Gasteiger partial charge in [-0.3, -0.25) is 4.79 Å². The van der Waals surface area contributed by atoms with Crippen molar-refractivity contribution in [1.82, 2.24) is 4.98 Å². The summed E-state index contributed by atoms with van der Waals surface area (Å²) in [6, 6.07) is 12.1. The summed E-state index contributed by atoms with van der Waals surface area (Å²) in [6.45, 7) is 0. The molecule has 0 saturated heterocycles. The lowest BCUT2D eigenvalue weighted by atomic mass is 10.0. The Kier molecular flexibility index (Phi) is 3.40.